The molecule has 16 heavy (non-hydrogen) atoms. The molecular weight excluding hydrogens is 228 g/mol. The van der Waals surface area contributed by atoms with Crippen LogP contribution in [0.1, 0.15) is 0 Å². The first-order valence-corrected chi connectivity index (χ1v) is 6.06. The largest absolute Gasteiger partial charge is 0.480 e. The molecule has 0 spiro atoms. The quantitative estimate of drug-likeness (QED) is 0.688. The Kier molecular flexibility index (Phi) is 7.21. The third-order valence-electron chi connectivity index (χ3n) is 1.84. The number of nitrogens with zero attached hydrogens (tertiary/aromatic N) is 2. The topological polar surface area (TPSA) is 60.9 Å². The second-order valence-electron chi connectivity index (χ2n) is 3.15. The van der Waals surface area contributed by atoms with Gasteiger partial charge in [-0.1, -0.05) is 5.92 Å². The summed E-state index contributed by atoms with van der Waals surface area (Å²) in [6.07, 6.45) is 7.02. The standard InChI is InChI=1S/C10H16N2O3S/c1-4-5-12(8-9(13)14)10(15)11(2)6-7-16-3/h1H,5-8H2,2-3H3,(H,13,14). The van der Waals surface area contributed by atoms with Crippen LogP contribution in [-0.4, -0.2) is 65.6 Å². The summed E-state index contributed by atoms with van der Waals surface area (Å²) in [4.78, 5) is 24.9. The van der Waals surface area contributed by atoms with Gasteiger partial charge in [0.1, 0.15) is 6.54 Å². The van der Waals surface area contributed by atoms with Gasteiger partial charge in [-0.25, -0.2) is 4.79 Å². The predicted octanol–water partition coefficient (Wildman–Crippen LogP) is 0.421. The van der Waals surface area contributed by atoms with Crippen LogP contribution in [0, 0.1) is 12.3 Å². The number of carboxylic acid groups (broad SMARTS) is 1. The van der Waals surface area contributed by atoms with Gasteiger partial charge in [-0.3, -0.25) is 4.79 Å². The van der Waals surface area contributed by atoms with Gasteiger partial charge in [0.25, 0.3) is 0 Å². The Labute approximate surface area is 99.8 Å². The molecule has 0 aromatic carbocycles. The normalized spacial score (nSPS) is 9.31. The van der Waals surface area contributed by atoms with Crippen LogP contribution in [0.3, 0.4) is 0 Å². The maximum absolute atomic E-state index is 11.8. The maximum atomic E-state index is 11.8. The van der Waals surface area contributed by atoms with Crippen LogP contribution in [-0.2, 0) is 4.79 Å². The van der Waals surface area contributed by atoms with E-state index in [-0.39, 0.29) is 19.1 Å². The van der Waals surface area contributed by atoms with Crippen molar-refractivity contribution in [3.8, 4) is 12.3 Å². The van der Waals surface area contributed by atoms with Gasteiger partial charge in [-0.15, -0.1) is 6.42 Å². The van der Waals surface area contributed by atoms with Crippen LogP contribution in [0.4, 0.5) is 4.79 Å². The van der Waals surface area contributed by atoms with Crippen molar-refractivity contribution in [2.24, 2.45) is 0 Å². The van der Waals surface area contributed by atoms with E-state index in [9.17, 15) is 9.59 Å². The molecule has 0 aliphatic carbocycles. The minimum absolute atomic E-state index is 0.00867. The smallest absolute Gasteiger partial charge is 0.323 e. The van der Waals surface area contributed by atoms with Crippen LogP contribution < -0.4 is 0 Å². The third-order valence-corrected chi connectivity index (χ3v) is 2.43. The van der Waals surface area contributed by atoms with Gasteiger partial charge in [0.15, 0.2) is 0 Å². The minimum Gasteiger partial charge on any atom is -0.480 e. The molecule has 0 saturated carbocycles. The van der Waals surface area contributed by atoms with Crippen molar-refractivity contribution >= 4 is 23.8 Å². The molecule has 0 saturated heterocycles. The molecule has 0 atom stereocenters. The van der Waals surface area contributed by atoms with Gasteiger partial charge in [0, 0.05) is 19.3 Å². The number of carbonyl (C=O) groups is 2. The molecule has 0 heterocycles. The Morgan fingerprint density at radius 1 is 1.50 bits per heavy atom. The molecule has 0 radical (unpaired) electrons. The highest BCUT2D eigenvalue weighted by Crippen LogP contribution is 1.99. The molecule has 1 N–H and O–H groups in total. The van der Waals surface area contributed by atoms with Crippen molar-refractivity contribution in [3.05, 3.63) is 0 Å². The van der Waals surface area contributed by atoms with E-state index in [4.69, 9.17) is 11.5 Å². The third kappa shape index (κ3) is 5.51. The fourth-order valence-electron chi connectivity index (χ4n) is 1.03. The first-order valence-electron chi connectivity index (χ1n) is 4.67. The Hall–Kier alpha value is -1.35. The summed E-state index contributed by atoms with van der Waals surface area (Å²) in [5.74, 6) is 2.01. The number of terminal acetylenes is 1. The van der Waals surface area contributed by atoms with E-state index in [1.54, 1.807) is 18.8 Å². The lowest BCUT2D eigenvalue weighted by atomic mass is 10.4. The van der Waals surface area contributed by atoms with Crippen LogP contribution in [0.2, 0.25) is 0 Å². The van der Waals surface area contributed by atoms with E-state index in [0.717, 1.165) is 10.7 Å². The second-order valence-corrected chi connectivity index (χ2v) is 4.14. The van der Waals surface area contributed by atoms with E-state index in [2.05, 4.69) is 5.92 Å². The highest BCUT2D eigenvalue weighted by atomic mass is 32.2. The summed E-state index contributed by atoms with van der Waals surface area (Å²) in [5, 5.41) is 8.63. The summed E-state index contributed by atoms with van der Waals surface area (Å²) in [6, 6.07) is -0.352. The zero-order valence-electron chi connectivity index (χ0n) is 9.47. The molecule has 0 aliphatic rings. The average molecular weight is 244 g/mol. The van der Waals surface area contributed by atoms with Crippen molar-refractivity contribution in [3.63, 3.8) is 0 Å². The van der Waals surface area contributed by atoms with Crippen LogP contribution in [0.5, 0.6) is 0 Å². The van der Waals surface area contributed by atoms with Crippen molar-refractivity contribution in [2.75, 3.05) is 38.7 Å². The Morgan fingerprint density at radius 2 is 2.12 bits per heavy atom. The van der Waals surface area contributed by atoms with Crippen LogP contribution >= 0.6 is 11.8 Å². The zero-order valence-corrected chi connectivity index (χ0v) is 10.3. The highest BCUT2D eigenvalue weighted by molar-refractivity contribution is 7.98. The van der Waals surface area contributed by atoms with E-state index in [1.165, 1.54) is 4.90 Å². The lowest BCUT2D eigenvalue weighted by Crippen LogP contribution is -2.44. The second kappa shape index (κ2) is 7.88. The monoisotopic (exact) mass is 244 g/mol. The van der Waals surface area contributed by atoms with E-state index in [1.807, 2.05) is 6.26 Å². The van der Waals surface area contributed by atoms with Gasteiger partial charge >= 0.3 is 12.0 Å². The first kappa shape index (κ1) is 14.6. The van der Waals surface area contributed by atoms with Gasteiger partial charge < -0.3 is 14.9 Å². The average Bonchev–Trinajstić information content (AvgIpc) is 2.23. The first-order chi connectivity index (χ1) is 7.52. The number of carboxylic acids is 1. The molecule has 6 heteroatoms. The summed E-state index contributed by atoms with van der Waals surface area (Å²) < 4.78 is 0. The van der Waals surface area contributed by atoms with E-state index >= 15 is 0 Å². The number of hydrogen-bond donors (Lipinski definition) is 1. The molecule has 0 unspecified atom stereocenters. The number of hydrogen-bond acceptors (Lipinski definition) is 3. The van der Waals surface area contributed by atoms with Gasteiger partial charge in [0.2, 0.25) is 0 Å². The fraction of sp³-hybridized carbons (Fsp3) is 0.600. The number of amides is 2. The number of aliphatic carboxylic acids is 1. The van der Waals surface area contributed by atoms with Crippen molar-refractivity contribution in [1.82, 2.24) is 9.80 Å². The molecule has 0 fully saturated rings. The van der Waals surface area contributed by atoms with Crippen LogP contribution in [0.25, 0.3) is 0 Å². The summed E-state index contributed by atoms with van der Waals surface area (Å²) in [5.41, 5.74) is 0. The lowest BCUT2D eigenvalue weighted by molar-refractivity contribution is -0.137. The molecule has 5 nitrogen and oxygen atoms in total. The lowest BCUT2D eigenvalue weighted by Gasteiger charge is -2.25. The van der Waals surface area contributed by atoms with Crippen LogP contribution in [0.15, 0.2) is 0 Å². The molecule has 0 bridgehead atoms. The summed E-state index contributed by atoms with van der Waals surface area (Å²) >= 11 is 1.62. The summed E-state index contributed by atoms with van der Waals surface area (Å²) in [7, 11) is 1.63. The van der Waals surface area contributed by atoms with E-state index in [0.29, 0.717) is 6.54 Å². The molecule has 0 rings (SSSR count). The molecule has 0 aromatic rings. The van der Waals surface area contributed by atoms with Gasteiger partial charge in [-0.2, -0.15) is 11.8 Å². The fourth-order valence-corrected chi connectivity index (χ4v) is 1.49. The maximum Gasteiger partial charge on any atom is 0.323 e. The van der Waals surface area contributed by atoms with Crippen molar-refractivity contribution in [2.45, 2.75) is 0 Å². The number of thioether (sulfide) groups is 1. The molecular formula is C10H16N2O3S. The Balaban J connectivity index is 4.36. The Bertz CT molecular complexity index is 288. The van der Waals surface area contributed by atoms with Crippen molar-refractivity contribution in [1.29, 1.82) is 0 Å². The van der Waals surface area contributed by atoms with Gasteiger partial charge in [0.05, 0.1) is 6.54 Å². The highest BCUT2D eigenvalue weighted by Gasteiger charge is 2.18. The van der Waals surface area contributed by atoms with E-state index < -0.39 is 5.97 Å². The molecule has 2 amide bonds. The van der Waals surface area contributed by atoms with Crippen molar-refractivity contribution < 1.29 is 14.7 Å². The predicted molar refractivity (Wildman–Crippen MR) is 64.4 cm³/mol. The molecule has 0 aliphatic heterocycles. The molecule has 0 aromatic heterocycles. The minimum atomic E-state index is -1.07. The number of rotatable bonds is 6. The number of carbonyl (C=O) groups excluding carboxylic acids is 1. The Morgan fingerprint density at radius 3 is 2.56 bits per heavy atom. The summed E-state index contributed by atoms with van der Waals surface area (Å²) in [6.45, 7) is 0.210. The zero-order chi connectivity index (χ0) is 12.6. The SMILES string of the molecule is C#CCN(CC(=O)O)C(=O)N(C)CCSC. The number of urea groups is 1. The van der Waals surface area contributed by atoms with Gasteiger partial charge in [-0.05, 0) is 6.26 Å². The molecule has 90 valence electrons.